The molecule has 1 aliphatic heterocycles. The number of carbonyl (C=O) groups is 3. The number of pyridine rings is 1. The molecular weight excluding hydrogens is 591 g/mol. The van der Waals surface area contributed by atoms with Crippen molar-refractivity contribution in [3.63, 3.8) is 0 Å². The van der Waals surface area contributed by atoms with Crippen molar-refractivity contribution in [1.29, 1.82) is 0 Å². The van der Waals surface area contributed by atoms with Crippen LogP contribution in [0.4, 0.5) is 20.6 Å². The molecule has 0 fully saturated rings. The minimum absolute atomic E-state index is 0.0674. The third-order valence-electron chi connectivity index (χ3n) is 7.57. The lowest BCUT2D eigenvalue weighted by molar-refractivity contribution is -0.119. The van der Waals surface area contributed by atoms with Crippen molar-refractivity contribution in [2.24, 2.45) is 5.92 Å². The minimum Gasteiger partial charge on any atom is -0.453 e. The van der Waals surface area contributed by atoms with Crippen molar-refractivity contribution in [1.82, 2.24) is 20.1 Å². The standard InChI is InChI=1S/C31H30ClFN6O5/c1-16-6-4-8-23(37-30(42)21-15-34-39(17(21)2)26-9-5-7-22(32)28(26)33)18-12-24(36-27(40)13-18)20-11-10-19(35-31(43)44-3)14-25(20)38-29(16)41/h5,7,9-16,23H,4,6,8H2,1-3H3,(H,35,43)(H,36,40)(H,37,42)(H,38,41)/t16-,23+/m1/s1. The fourth-order valence-corrected chi connectivity index (χ4v) is 5.31. The van der Waals surface area contributed by atoms with Gasteiger partial charge in [0, 0.05) is 23.2 Å². The van der Waals surface area contributed by atoms with Crippen molar-refractivity contribution in [2.45, 2.75) is 39.2 Å². The maximum absolute atomic E-state index is 14.7. The average Bonchev–Trinajstić information content (AvgIpc) is 3.38. The zero-order chi connectivity index (χ0) is 31.5. The summed E-state index contributed by atoms with van der Waals surface area (Å²) in [6.45, 7) is 3.45. The molecule has 3 heterocycles. The Morgan fingerprint density at radius 1 is 1.14 bits per heavy atom. The quantitative estimate of drug-likeness (QED) is 0.229. The van der Waals surface area contributed by atoms with E-state index in [0.29, 0.717) is 53.2 Å². The van der Waals surface area contributed by atoms with E-state index in [-0.39, 0.29) is 28.1 Å². The molecular formula is C31H30ClFN6O5. The van der Waals surface area contributed by atoms with E-state index in [4.69, 9.17) is 11.6 Å². The van der Waals surface area contributed by atoms with E-state index in [2.05, 4.69) is 30.8 Å². The van der Waals surface area contributed by atoms with Gasteiger partial charge in [0.15, 0.2) is 5.82 Å². The highest BCUT2D eigenvalue weighted by Gasteiger charge is 2.24. The van der Waals surface area contributed by atoms with E-state index in [1.165, 1.54) is 36.2 Å². The second-order valence-corrected chi connectivity index (χ2v) is 11.0. The molecule has 0 saturated carbocycles. The van der Waals surface area contributed by atoms with Crippen LogP contribution in [-0.2, 0) is 9.53 Å². The van der Waals surface area contributed by atoms with E-state index in [0.717, 1.165) is 0 Å². The molecule has 5 rings (SSSR count). The number of amides is 3. The summed E-state index contributed by atoms with van der Waals surface area (Å²) in [5.74, 6) is -1.73. The molecule has 228 valence electrons. The smallest absolute Gasteiger partial charge is 0.411 e. The number of fused-ring (bicyclic) bond motifs is 4. The average molecular weight is 621 g/mol. The van der Waals surface area contributed by atoms with Gasteiger partial charge in [-0.2, -0.15) is 5.10 Å². The Morgan fingerprint density at radius 2 is 1.93 bits per heavy atom. The van der Waals surface area contributed by atoms with E-state index >= 15 is 0 Å². The van der Waals surface area contributed by atoms with E-state index < -0.39 is 29.4 Å². The Hall–Kier alpha value is -4.97. The number of hydrogen-bond acceptors (Lipinski definition) is 6. The van der Waals surface area contributed by atoms with Crippen LogP contribution in [0.25, 0.3) is 16.9 Å². The molecule has 11 nitrogen and oxygen atoms in total. The van der Waals surface area contributed by atoms with Gasteiger partial charge in [-0.3, -0.25) is 19.7 Å². The zero-order valence-corrected chi connectivity index (χ0v) is 24.9. The van der Waals surface area contributed by atoms with Gasteiger partial charge in [-0.1, -0.05) is 31.0 Å². The monoisotopic (exact) mass is 620 g/mol. The summed E-state index contributed by atoms with van der Waals surface area (Å²) in [4.78, 5) is 54.2. The molecule has 2 bridgehead atoms. The van der Waals surface area contributed by atoms with Gasteiger partial charge in [0.25, 0.3) is 5.91 Å². The van der Waals surface area contributed by atoms with E-state index in [1.54, 1.807) is 44.2 Å². The van der Waals surface area contributed by atoms with Gasteiger partial charge in [-0.15, -0.1) is 0 Å². The van der Waals surface area contributed by atoms with Gasteiger partial charge in [0.2, 0.25) is 11.5 Å². The first kappa shape index (κ1) is 30.5. The van der Waals surface area contributed by atoms with Crippen LogP contribution in [0, 0.1) is 18.7 Å². The van der Waals surface area contributed by atoms with Crippen LogP contribution in [0.2, 0.25) is 5.02 Å². The summed E-state index contributed by atoms with van der Waals surface area (Å²) in [7, 11) is 1.24. The summed E-state index contributed by atoms with van der Waals surface area (Å²) in [6.07, 6.45) is 2.19. The number of nitrogens with one attached hydrogen (secondary N) is 4. The highest BCUT2D eigenvalue weighted by atomic mass is 35.5. The number of ether oxygens (including phenoxy) is 1. The van der Waals surface area contributed by atoms with Gasteiger partial charge in [-0.25, -0.2) is 13.9 Å². The number of nitrogens with zero attached hydrogens (tertiary/aromatic N) is 2. The van der Waals surface area contributed by atoms with Crippen molar-refractivity contribution in [2.75, 3.05) is 17.7 Å². The number of carbonyl (C=O) groups excluding carboxylic acids is 3. The summed E-state index contributed by atoms with van der Waals surface area (Å²) in [5, 5.41) is 12.7. The lowest BCUT2D eigenvalue weighted by Gasteiger charge is -2.23. The number of aromatic nitrogens is 3. The molecule has 13 heteroatoms. The fraction of sp³-hybridized carbons (Fsp3) is 0.258. The van der Waals surface area contributed by atoms with Crippen LogP contribution in [0.15, 0.2) is 59.5 Å². The van der Waals surface area contributed by atoms with Gasteiger partial charge in [0.1, 0.15) is 5.69 Å². The lowest BCUT2D eigenvalue weighted by Crippen LogP contribution is -2.30. The number of hydrogen-bond donors (Lipinski definition) is 4. The lowest BCUT2D eigenvalue weighted by atomic mass is 9.94. The molecule has 2 aromatic carbocycles. The number of halogens is 2. The summed E-state index contributed by atoms with van der Waals surface area (Å²) >= 11 is 5.95. The highest BCUT2D eigenvalue weighted by molar-refractivity contribution is 6.30. The SMILES string of the molecule is COC(=O)Nc1ccc2c(c1)NC(=O)[C@H](C)CCC[C@H](NC(=O)c1cnn(-c3cccc(Cl)c3F)c1C)c1cc-2[nH]c(=O)c1. The van der Waals surface area contributed by atoms with Gasteiger partial charge >= 0.3 is 6.09 Å². The summed E-state index contributed by atoms with van der Waals surface area (Å²) in [5.41, 5.74) is 2.56. The Morgan fingerprint density at radius 3 is 2.70 bits per heavy atom. The molecule has 0 radical (unpaired) electrons. The maximum atomic E-state index is 14.7. The molecule has 1 aliphatic rings. The highest BCUT2D eigenvalue weighted by Crippen LogP contribution is 2.33. The Labute approximate surface area is 256 Å². The van der Waals surface area contributed by atoms with Gasteiger partial charge in [0.05, 0.1) is 47.0 Å². The third kappa shape index (κ3) is 6.35. The minimum atomic E-state index is -0.676. The molecule has 44 heavy (non-hydrogen) atoms. The van der Waals surface area contributed by atoms with Crippen molar-refractivity contribution in [3.05, 3.63) is 92.7 Å². The first-order chi connectivity index (χ1) is 21.0. The largest absolute Gasteiger partial charge is 0.453 e. The molecule has 0 unspecified atom stereocenters. The third-order valence-corrected chi connectivity index (χ3v) is 7.86. The van der Waals surface area contributed by atoms with Crippen LogP contribution in [0.5, 0.6) is 0 Å². The zero-order valence-electron chi connectivity index (χ0n) is 24.2. The van der Waals surface area contributed by atoms with E-state index in [9.17, 15) is 23.6 Å². The predicted octanol–water partition coefficient (Wildman–Crippen LogP) is 5.74. The van der Waals surface area contributed by atoms with Crippen molar-refractivity contribution in [3.8, 4) is 16.9 Å². The fourth-order valence-electron chi connectivity index (χ4n) is 5.14. The molecule has 3 amide bonds. The van der Waals surface area contributed by atoms with Crippen LogP contribution in [0.1, 0.15) is 53.8 Å². The van der Waals surface area contributed by atoms with Crippen molar-refractivity contribution < 1.29 is 23.5 Å². The maximum Gasteiger partial charge on any atom is 0.411 e. The summed E-state index contributed by atoms with van der Waals surface area (Å²) in [6, 6.07) is 12.0. The number of aromatic amines is 1. The number of H-pyrrole nitrogens is 1. The van der Waals surface area contributed by atoms with Crippen LogP contribution in [0.3, 0.4) is 0 Å². The molecule has 2 aromatic heterocycles. The molecule has 0 spiro atoms. The Kier molecular flexibility index (Phi) is 8.81. The molecule has 0 saturated heterocycles. The normalized spacial score (nSPS) is 16.5. The number of anilines is 2. The van der Waals surface area contributed by atoms with Gasteiger partial charge in [-0.05, 0) is 61.7 Å². The molecule has 4 aromatic rings. The second kappa shape index (κ2) is 12.7. The van der Waals surface area contributed by atoms with E-state index in [1.807, 2.05) is 0 Å². The number of benzene rings is 2. The van der Waals surface area contributed by atoms with Crippen molar-refractivity contribution >= 4 is 40.9 Å². The van der Waals surface area contributed by atoms with Crippen LogP contribution >= 0.6 is 11.6 Å². The predicted molar refractivity (Wildman–Crippen MR) is 164 cm³/mol. The number of rotatable bonds is 4. The Bertz CT molecular complexity index is 1820. The first-order valence-electron chi connectivity index (χ1n) is 13.9. The van der Waals surface area contributed by atoms with Crippen LogP contribution < -0.4 is 21.5 Å². The topological polar surface area (TPSA) is 147 Å². The number of methoxy groups -OCH3 is 1. The second-order valence-electron chi connectivity index (χ2n) is 10.5. The molecule has 4 N–H and O–H groups in total. The Balaban J connectivity index is 1.52. The summed E-state index contributed by atoms with van der Waals surface area (Å²) < 4.78 is 20.7. The van der Waals surface area contributed by atoms with Gasteiger partial charge < -0.3 is 20.4 Å². The molecule has 0 aliphatic carbocycles. The van der Waals surface area contributed by atoms with Crippen LogP contribution in [-0.4, -0.2) is 39.8 Å². The first-order valence-corrected chi connectivity index (χ1v) is 14.3. The molecule has 2 atom stereocenters.